The Kier molecular flexibility index (Phi) is 7.22. The smallest absolute Gasteiger partial charge is 0.355 e. The minimum absolute atomic E-state index is 0.0189. The molecule has 0 saturated carbocycles. The fourth-order valence-corrected chi connectivity index (χ4v) is 5.85. The molecule has 0 N–H and O–H groups in total. The highest BCUT2D eigenvalue weighted by atomic mass is 19.2. The lowest BCUT2D eigenvalue weighted by Crippen LogP contribution is -2.54. The van der Waals surface area contributed by atoms with Crippen LogP contribution in [0.1, 0.15) is 37.9 Å². The number of aryl methyl sites for hydroxylation is 1. The molecule has 0 spiro atoms. The predicted octanol–water partition coefficient (Wildman–Crippen LogP) is 5.66. The molecule has 0 bridgehead atoms. The number of furan rings is 1. The van der Waals surface area contributed by atoms with Gasteiger partial charge >= 0.3 is 5.69 Å². The Hall–Kier alpha value is -5.00. The molecule has 0 radical (unpaired) electrons. The maximum absolute atomic E-state index is 16.1. The first-order valence-electron chi connectivity index (χ1n) is 14.1. The first kappa shape index (κ1) is 29.1. The number of fused-ring (bicyclic) bond motifs is 2. The standard InChI is InChI=1S/C32H29F3N6O3/c1-6-23(42)39-10-11-40(18(5)15-39)30-20-14-22(34)27(24-25(35)21(33)13-19-8-12-44-29(19)24)37-31(20)41(32(43)38-30)28-17(4)7-9-36-26(28)16(2)3/h6-9,12-14,16,18H,1,10-11,15H2,2-5H3/t18-/m0/s1. The number of pyridine rings is 2. The second kappa shape index (κ2) is 10.9. The van der Waals surface area contributed by atoms with Crippen molar-refractivity contribution < 1.29 is 22.4 Å². The molecule has 5 heterocycles. The quantitative estimate of drug-likeness (QED) is 0.240. The topological polar surface area (TPSA) is 97.4 Å². The van der Waals surface area contributed by atoms with E-state index in [0.29, 0.717) is 36.6 Å². The van der Waals surface area contributed by atoms with Crippen LogP contribution in [0.4, 0.5) is 19.0 Å². The largest absolute Gasteiger partial charge is 0.464 e. The maximum atomic E-state index is 16.1. The summed E-state index contributed by atoms with van der Waals surface area (Å²) in [5.74, 6) is -3.68. The Morgan fingerprint density at radius 2 is 1.91 bits per heavy atom. The number of anilines is 1. The number of carbonyl (C=O) groups is 1. The number of halogens is 3. The van der Waals surface area contributed by atoms with Crippen molar-refractivity contribution in [3.8, 4) is 16.9 Å². The molecule has 1 saturated heterocycles. The summed E-state index contributed by atoms with van der Waals surface area (Å²) in [6, 6.07) is 4.94. The molecule has 0 aliphatic carbocycles. The third-order valence-corrected chi connectivity index (χ3v) is 7.98. The highest BCUT2D eigenvalue weighted by molar-refractivity contribution is 5.96. The van der Waals surface area contributed by atoms with Gasteiger partial charge in [-0.15, -0.1) is 0 Å². The van der Waals surface area contributed by atoms with Gasteiger partial charge in [0.2, 0.25) is 5.91 Å². The summed E-state index contributed by atoms with van der Waals surface area (Å²) in [5.41, 5.74) is -0.172. The van der Waals surface area contributed by atoms with Crippen molar-refractivity contribution in [2.24, 2.45) is 0 Å². The van der Waals surface area contributed by atoms with E-state index in [0.717, 1.165) is 12.1 Å². The van der Waals surface area contributed by atoms with E-state index in [4.69, 9.17) is 4.42 Å². The normalized spacial score (nSPS) is 15.5. The number of rotatable bonds is 5. The zero-order valence-corrected chi connectivity index (χ0v) is 24.6. The van der Waals surface area contributed by atoms with Crippen molar-refractivity contribution in [1.29, 1.82) is 0 Å². The third kappa shape index (κ3) is 4.61. The van der Waals surface area contributed by atoms with Crippen LogP contribution in [0, 0.1) is 24.4 Å². The highest BCUT2D eigenvalue weighted by Gasteiger charge is 2.31. The van der Waals surface area contributed by atoms with Gasteiger partial charge < -0.3 is 14.2 Å². The number of nitrogens with zero attached hydrogens (tertiary/aromatic N) is 6. The second-order valence-electron chi connectivity index (χ2n) is 11.2. The summed E-state index contributed by atoms with van der Waals surface area (Å²) >= 11 is 0. The van der Waals surface area contributed by atoms with Crippen LogP contribution >= 0.6 is 0 Å². The second-order valence-corrected chi connectivity index (χ2v) is 11.2. The SMILES string of the molecule is C=CC(=O)N1CCN(c2nc(=O)n(-c3c(C)ccnc3C(C)C)c3nc(-c4c(F)c(F)cc5ccoc45)c(F)cc23)[C@@H](C)C1. The molecule has 44 heavy (non-hydrogen) atoms. The van der Waals surface area contributed by atoms with Gasteiger partial charge in [0.1, 0.15) is 17.1 Å². The van der Waals surface area contributed by atoms with Crippen molar-refractivity contribution in [3.63, 3.8) is 0 Å². The van der Waals surface area contributed by atoms with Crippen LogP contribution in [0.3, 0.4) is 0 Å². The first-order valence-corrected chi connectivity index (χ1v) is 14.1. The number of piperazine rings is 1. The molecule has 1 aliphatic rings. The molecule has 226 valence electrons. The van der Waals surface area contributed by atoms with E-state index in [1.165, 1.54) is 23.0 Å². The van der Waals surface area contributed by atoms with E-state index in [9.17, 15) is 14.0 Å². The van der Waals surface area contributed by atoms with E-state index < -0.39 is 34.4 Å². The molecule has 0 unspecified atom stereocenters. The third-order valence-electron chi connectivity index (χ3n) is 7.98. The summed E-state index contributed by atoms with van der Waals surface area (Å²) in [6.45, 7) is 12.0. The summed E-state index contributed by atoms with van der Waals surface area (Å²) in [5, 5.41) is 0.394. The summed E-state index contributed by atoms with van der Waals surface area (Å²) in [4.78, 5) is 43.2. The molecule has 5 aromatic rings. The summed E-state index contributed by atoms with van der Waals surface area (Å²) < 4.78 is 52.9. The van der Waals surface area contributed by atoms with Crippen molar-refractivity contribution >= 4 is 33.7 Å². The zero-order valence-electron chi connectivity index (χ0n) is 24.6. The molecule has 1 atom stereocenters. The van der Waals surface area contributed by atoms with Crippen LogP contribution in [0.2, 0.25) is 0 Å². The van der Waals surface area contributed by atoms with Crippen LogP contribution in [0.5, 0.6) is 0 Å². The average molecular weight is 603 g/mol. The van der Waals surface area contributed by atoms with Gasteiger partial charge in [0.25, 0.3) is 0 Å². The van der Waals surface area contributed by atoms with Gasteiger partial charge in [-0.25, -0.2) is 27.5 Å². The summed E-state index contributed by atoms with van der Waals surface area (Å²) in [6.07, 6.45) is 4.11. The highest BCUT2D eigenvalue weighted by Crippen LogP contribution is 2.37. The van der Waals surface area contributed by atoms with Crippen molar-refractivity contribution in [3.05, 3.63) is 88.6 Å². The number of aromatic nitrogens is 4. The molecule has 1 fully saturated rings. The summed E-state index contributed by atoms with van der Waals surface area (Å²) in [7, 11) is 0. The van der Waals surface area contributed by atoms with Crippen LogP contribution in [-0.4, -0.2) is 56.0 Å². The number of amides is 1. The molecule has 1 amide bonds. The number of carbonyl (C=O) groups excluding carboxylic acids is 1. The molecule has 4 aromatic heterocycles. The monoisotopic (exact) mass is 602 g/mol. The van der Waals surface area contributed by atoms with Crippen LogP contribution in [-0.2, 0) is 4.79 Å². The van der Waals surface area contributed by atoms with Gasteiger partial charge in [0, 0.05) is 37.3 Å². The molecule has 9 nitrogen and oxygen atoms in total. The van der Waals surface area contributed by atoms with Crippen LogP contribution in [0.15, 0.2) is 58.6 Å². The fraction of sp³-hybridized carbons (Fsp3) is 0.281. The number of benzene rings is 1. The van der Waals surface area contributed by atoms with Crippen LogP contribution in [0.25, 0.3) is 38.9 Å². The van der Waals surface area contributed by atoms with Crippen molar-refractivity contribution in [1.82, 2.24) is 24.4 Å². The lowest BCUT2D eigenvalue weighted by molar-refractivity contribution is -0.126. The molecule has 6 rings (SSSR count). The Labute approximate surface area is 250 Å². The molecular weight excluding hydrogens is 573 g/mol. The Morgan fingerprint density at radius 1 is 1.14 bits per heavy atom. The molecule has 1 aromatic carbocycles. The maximum Gasteiger partial charge on any atom is 0.355 e. The van der Waals surface area contributed by atoms with Crippen molar-refractivity contribution in [2.75, 3.05) is 24.5 Å². The van der Waals surface area contributed by atoms with Crippen molar-refractivity contribution in [2.45, 2.75) is 39.7 Å². The molecular formula is C32H29F3N6O3. The zero-order chi connectivity index (χ0) is 31.4. The molecule has 12 heteroatoms. The van der Waals surface area contributed by atoms with Gasteiger partial charge in [-0.1, -0.05) is 20.4 Å². The Balaban J connectivity index is 1.68. The Bertz CT molecular complexity index is 2040. The minimum Gasteiger partial charge on any atom is -0.464 e. The predicted molar refractivity (Wildman–Crippen MR) is 160 cm³/mol. The van der Waals surface area contributed by atoms with Crippen LogP contribution < -0.4 is 10.6 Å². The lowest BCUT2D eigenvalue weighted by Gasteiger charge is -2.40. The van der Waals surface area contributed by atoms with Gasteiger partial charge in [0.15, 0.2) is 23.1 Å². The van der Waals surface area contributed by atoms with E-state index in [1.807, 2.05) is 25.7 Å². The first-order chi connectivity index (χ1) is 21.0. The van der Waals surface area contributed by atoms with E-state index in [-0.39, 0.29) is 45.7 Å². The molecule has 1 aliphatic heterocycles. The van der Waals surface area contributed by atoms with E-state index >= 15 is 8.78 Å². The van der Waals surface area contributed by atoms with Gasteiger partial charge in [-0.3, -0.25) is 9.78 Å². The fourth-order valence-electron chi connectivity index (χ4n) is 5.85. The van der Waals surface area contributed by atoms with E-state index in [2.05, 4.69) is 21.5 Å². The number of hydrogen-bond acceptors (Lipinski definition) is 7. The Morgan fingerprint density at radius 3 is 2.61 bits per heavy atom. The van der Waals surface area contributed by atoms with Gasteiger partial charge in [-0.05, 0) is 55.7 Å². The van der Waals surface area contributed by atoms with Gasteiger partial charge in [-0.2, -0.15) is 4.98 Å². The van der Waals surface area contributed by atoms with E-state index in [1.54, 1.807) is 24.1 Å². The lowest BCUT2D eigenvalue weighted by atomic mass is 10.0. The average Bonchev–Trinajstić information content (AvgIpc) is 3.45. The minimum atomic E-state index is -1.33. The number of hydrogen-bond donors (Lipinski definition) is 0. The van der Waals surface area contributed by atoms with Gasteiger partial charge in [0.05, 0.1) is 28.6 Å².